The fourth-order valence-corrected chi connectivity index (χ4v) is 1.82. The molecular weight excluding hydrogens is 260 g/mol. The minimum absolute atomic E-state index is 0.0163. The Hall–Kier alpha value is -2.65. The Morgan fingerprint density at radius 1 is 1.20 bits per heavy atom. The Morgan fingerprint density at radius 3 is 2.55 bits per heavy atom. The van der Waals surface area contributed by atoms with Crippen molar-refractivity contribution in [3.05, 3.63) is 35.4 Å². The Kier molecular flexibility index (Phi) is 3.82. The highest BCUT2D eigenvalue weighted by atomic mass is 16.2. The van der Waals surface area contributed by atoms with Crippen molar-refractivity contribution in [1.82, 2.24) is 9.80 Å². The number of aliphatic hydroxyl groups excluding tert-OH is 1. The Labute approximate surface area is 115 Å². The molecule has 1 fully saturated rings. The van der Waals surface area contributed by atoms with Crippen LogP contribution in [0, 0.1) is 11.8 Å². The molecule has 102 valence electrons. The standard InChI is InChI=1S/C14H12N2O4/c1-15-12(18)13(19)16(14(15)20)9-11-5-2-4-10(8-11)6-3-7-17/h2,4-5,8,17H,7,9H2,1H3. The van der Waals surface area contributed by atoms with Crippen molar-refractivity contribution in [2.75, 3.05) is 13.7 Å². The zero-order chi connectivity index (χ0) is 14.7. The summed E-state index contributed by atoms with van der Waals surface area (Å²) in [7, 11) is 1.27. The van der Waals surface area contributed by atoms with E-state index in [2.05, 4.69) is 11.8 Å². The van der Waals surface area contributed by atoms with Crippen molar-refractivity contribution in [3.8, 4) is 11.8 Å². The molecule has 20 heavy (non-hydrogen) atoms. The number of urea groups is 1. The topological polar surface area (TPSA) is 77.9 Å². The number of amides is 4. The first-order chi connectivity index (χ1) is 9.54. The zero-order valence-corrected chi connectivity index (χ0v) is 10.8. The number of benzene rings is 1. The second-order valence-electron chi connectivity index (χ2n) is 4.20. The van der Waals surface area contributed by atoms with Crippen molar-refractivity contribution >= 4 is 17.8 Å². The van der Waals surface area contributed by atoms with Gasteiger partial charge in [0.1, 0.15) is 6.61 Å². The monoisotopic (exact) mass is 272 g/mol. The van der Waals surface area contributed by atoms with Gasteiger partial charge in [-0.3, -0.25) is 19.4 Å². The maximum absolute atomic E-state index is 11.7. The highest BCUT2D eigenvalue weighted by molar-refractivity contribution is 6.44. The maximum atomic E-state index is 11.7. The summed E-state index contributed by atoms with van der Waals surface area (Å²) in [5.41, 5.74) is 1.34. The van der Waals surface area contributed by atoms with Crippen LogP contribution >= 0.6 is 0 Å². The van der Waals surface area contributed by atoms with E-state index in [9.17, 15) is 14.4 Å². The number of carbonyl (C=O) groups excluding carboxylic acids is 3. The van der Waals surface area contributed by atoms with Gasteiger partial charge in [-0.15, -0.1) is 0 Å². The van der Waals surface area contributed by atoms with E-state index in [1.807, 2.05) is 0 Å². The maximum Gasteiger partial charge on any atom is 0.334 e. The summed E-state index contributed by atoms with van der Waals surface area (Å²) >= 11 is 0. The molecule has 1 aromatic rings. The van der Waals surface area contributed by atoms with E-state index in [1.165, 1.54) is 7.05 Å². The fraction of sp³-hybridized carbons (Fsp3) is 0.214. The number of aliphatic hydroxyl groups is 1. The molecular formula is C14H12N2O4. The van der Waals surface area contributed by atoms with E-state index in [1.54, 1.807) is 24.3 Å². The third kappa shape index (κ3) is 2.53. The largest absolute Gasteiger partial charge is 0.384 e. The van der Waals surface area contributed by atoms with Gasteiger partial charge in [0.25, 0.3) is 0 Å². The number of carbonyl (C=O) groups is 3. The Morgan fingerprint density at radius 2 is 1.95 bits per heavy atom. The molecule has 0 saturated carbocycles. The van der Waals surface area contributed by atoms with E-state index in [-0.39, 0.29) is 13.2 Å². The SMILES string of the molecule is CN1C(=O)C(=O)N(Cc2cccc(C#CCO)c2)C1=O. The second-order valence-corrected chi connectivity index (χ2v) is 4.20. The first-order valence-electron chi connectivity index (χ1n) is 5.86. The van der Waals surface area contributed by atoms with Crippen LogP contribution in [0.5, 0.6) is 0 Å². The molecule has 1 aliphatic heterocycles. The lowest BCUT2D eigenvalue weighted by Gasteiger charge is -2.12. The van der Waals surface area contributed by atoms with E-state index < -0.39 is 17.8 Å². The zero-order valence-electron chi connectivity index (χ0n) is 10.8. The Bertz CT molecular complexity index is 642. The molecule has 0 radical (unpaired) electrons. The van der Waals surface area contributed by atoms with Crippen LogP contribution in [0.25, 0.3) is 0 Å². The number of nitrogens with zero attached hydrogens (tertiary/aromatic N) is 2. The second kappa shape index (κ2) is 5.55. The number of hydrogen-bond acceptors (Lipinski definition) is 4. The van der Waals surface area contributed by atoms with Gasteiger partial charge in [0.2, 0.25) is 0 Å². The molecule has 1 saturated heterocycles. The summed E-state index contributed by atoms with van der Waals surface area (Å²) in [5.74, 6) is 3.59. The van der Waals surface area contributed by atoms with Gasteiger partial charge in [0, 0.05) is 12.6 Å². The molecule has 0 unspecified atom stereocenters. The number of rotatable bonds is 2. The van der Waals surface area contributed by atoms with Gasteiger partial charge >= 0.3 is 17.8 Å². The molecule has 6 nitrogen and oxygen atoms in total. The van der Waals surface area contributed by atoms with Gasteiger partial charge in [-0.2, -0.15) is 0 Å². The summed E-state index contributed by atoms with van der Waals surface area (Å²) in [5, 5.41) is 8.64. The highest BCUT2D eigenvalue weighted by Gasteiger charge is 2.41. The molecule has 0 atom stereocenters. The van der Waals surface area contributed by atoms with E-state index >= 15 is 0 Å². The molecule has 1 aliphatic rings. The van der Waals surface area contributed by atoms with Crippen molar-refractivity contribution in [2.24, 2.45) is 0 Å². The Balaban J connectivity index is 2.20. The van der Waals surface area contributed by atoms with Gasteiger partial charge in [-0.1, -0.05) is 24.0 Å². The lowest BCUT2D eigenvalue weighted by atomic mass is 10.1. The van der Waals surface area contributed by atoms with Gasteiger partial charge in [0.15, 0.2) is 0 Å². The molecule has 1 aromatic carbocycles. The third-order valence-electron chi connectivity index (χ3n) is 2.83. The molecule has 1 N–H and O–H groups in total. The first-order valence-corrected chi connectivity index (χ1v) is 5.86. The minimum atomic E-state index is -0.829. The van der Waals surface area contributed by atoms with Gasteiger partial charge in [0.05, 0.1) is 6.54 Å². The number of likely N-dealkylation sites (N-methyl/N-ethyl adjacent to an activating group) is 1. The molecule has 1 heterocycles. The molecule has 0 aliphatic carbocycles. The van der Waals surface area contributed by atoms with Gasteiger partial charge < -0.3 is 5.11 Å². The average Bonchev–Trinajstić information content (AvgIpc) is 2.63. The van der Waals surface area contributed by atoms with Crippen LogP contribution in [0.1, 0.15) is 11.1 Å². The predicted octanol–water partition coefficient (Wildman–Crippen LogP) is -0.0490. The summed E-state index contributed by atoms with van der Waals surface area (Å²) < 4.78 is 0. The summed E-state index contributed by atoms with van der Waals surface area (Å²) in [6.07, 6.45) is 0. The van der Waals surface area contributed by atoms with Crippen LogP contribution in [0.4, 0.5) is 4.79 Å². The lowest BCUT2D eigenvalue weighted by Crippen LogP contribution is -2.31. The van der Waals surface area contributed by atoms with Crippen molar-refractivity contribution in [2.45, 2.75) is 6.54 Å². The van der Waals surface area contributed by atoms with Crippen LogP contribution in [-0.4, -0.2) is 46.4 Å². The van der Waals surface area contributed by atoms with Crippen LogP contribution in [0.15, 0.2) is 24.3 Å². The molecule has 4 amide bonds. The summed E-state index contributed by atoms with van der Waals surface area (Å²) in [6, 6.07) is 6.27. The molecule has 0 spiro atoms. The number of hydrogen-bond donors (Lipinski definition) is 1. The van der Waals surface area contributed by atoms with Crippen molar-refractivity contribution < 1.29 is 19.5 Å². The number of imide groups is 2. The summed E-state index contributed by atoms with van der Waals surface area (Å²) in [4.78, 5) is 36.4. The fourth-order valence-electron chi connectivity index (χ4n) is 1.82. The van der Waals surface area contributed by atoms with Crippen LogP contribution in [0.2, 0.25) is 0 Å². The van der Waals surface area contributed by atoms with Crippen LogP contribution in [-0.2, 0) is 16.1 Å². The van der Waals surface area contributed by atoms with Gasteiger partial charge in [-0.05, 0) is 17.7 Å². The highest BCUT2D eigenvalue weighted by Crippen LogP contribution is 2.15. The first kappa shape index (κ1) is 13.8. The van der Waals surface area contributed by atoms with Crippen LogP contribution < -0.4 is 0 Å². The van der Waals surface area contributed by atoms with E-state index in [0.717, 1.165) is 9.80 Å². The molecule has 0 aromatic heterocycles. The average molecular weight is 272 g/mol. The van der Waals surface area contributed by atoms with Gasteiger partial charge in [-0.25, -0.2) is 4.79 Å². The van der Waals surface area contributed by atoms with E-state index in [0.29, 0.717) is 11.1 Å². The van der Waals surface area contributed by atoms with E-state index in [4.69, 9.17) is 5.11 Å². The predicted molar refractivity (Wildman–Crippen MR) is 69.1 cm³/mol. The molecule has 0 bridgehead atoms. The summed E-state index contributed by atoms with van der Waals surface area (Å²) in [6.45, 7) is -0.227. The van der Waals surface area contributed by atoms with Crippen molar-refractivity contribution in [3.63, 3.8) is 0 Å². The lowest BCUT2D eigenvalue weighted by molar-refractivity contribution is -0.143. The van der Waals surface area contributed by atoms with Crippen molar-refractivity contribution in [1.29, 1.82) is 0 Å². The third-order valence-corrected chi connectivity index (χ3v) is 2.83. The minimum Gasteiger partial charge on any atom is -0.384 e. The normalized spacial score (nSPS) is 14.6. The molecule has 2 rings (SSSR count). The smallest absolute Gasteiger partial charge is 0.334 e. The quantitative estimate of drug-likeness (QED) is 0.465. The van der Waals surface area contributed by atoms with Crippen LogP contribution in [0.3, 0.4) is 0 Å². The molecule has 6 heteroatoms.